The van der Waals surface area contributed by atoms with Gasteiger partial charge in [-0.25, -0.2) is 0 Å². The maximum absolute atomic E-state index is 11.9. The molecule has 1 aliphatic heterocycles. The van der Waals surface area contributed by atoms with Gasteiger partial charge in [0.15, 0.2) is 0 Å². The lowest BCUT2D eigenvalue weighted by Gasteiger charge is -2.22. The molecule has 2 nitrogen and oxygen atoms in total. The molecule has 0 aromatic heterocycles. The first-order chi connectivity index (χ1) is 7.36. The van der Waals surface area contributed by atoms with Crippen LogP contribution in [0.4, 0.5) is 0 Å². The second-order valence-corrected chi connectivity index (χ2v) is 5.18. The van der Waals surface area contributed by atoms with Crippen molar-refractivity contribution in [2.45, 2.75) is 51.4 Å². The Morgan fingerprint density at radius 1 is 1.07 bits per heavy atom. The molecule has 2 heteroatoms. The van der Waals surface area contributed by atoms with E-state index in [0.717, 1.165) is 31.8 Å². The van der Waals surface area contributed by atoms with Crippen LogP contribution in [-0.2, 0) is 4.79 Å². The fourth-order valence-electron chi connectivity index (χ4n) is 2.97. The minimum absolute atomic E-state index is 0.437. The van der Waals surface area contributed by atoms with E-state index in [1.807, 2.05) is 0 Å². The SMILES string of the molecule is O=C(CCC1CCNCC1)C1CCCC1. The van der Waals surface area contributed by atoms with Crippen LogP contribution >= 0.6 is 0 Å². The number of piperidine rings is 1. The van der Waals surface area contributed by atoms with Crippen molar-refractivity contribution >= 4 is 5.78 Å². The molecule has 0 bridgehead atoms. The molecule has 2 fully saturated rings. The molecule has 0 radical (unpaired) electrons. The maximum atomic E-state index is 11.9. The van der Waals surface area contributed by atoms with Gasteiger partial charge in [0.1, 0.15) is 5.78 Å². The molecular weight excluding hydrogens is 186 g/mol. The second-order valence-electron chi connectivity index (χ2n) is 5.18. The molecule has 15 heavy (non-hydrogen) atoms. The van der Waals surface area contributed by atoms with Gasteiger partial charge in [-0.15, -0.1) is 0 Å². The number of carbonyl (C=O) groups excluding carboxylic acids is 1. The number of rotatable bonds is 4. The first-order valence-corrected chi connectivity index (χ1v) is 6.59. The van der Waals surface area contributed by atoms with Crippen molar-refractivity contribution in [1.82, 2.24) is 5.32 Å². The lowest BCUT2D eigenvalue weighted by atomic mass is 9.89. The molecule has 1 saturated carbocycles. The van der Waals surface area contributed by atoms with Gasteiger partial charge < -0.3 is 5.32 Å². The molecule has 1 aliphatic carbocycles. The van der Waals surface area contributed by atoms with E-state index in [4.69, 9.17) is 0 Å². The maximum Gasteiger partial charge on any atom is 0.135 e. The molecule has 0 amide bonds. The second kappa shape index (κ2) is 5.64. The van der Waals surface area contributed by atoms with Crippen molar-refractivity contribution in [3.05, 3.63) is 0 Å². The number of ketones is 1. The van der Waals surface area contributed by atoms with Gasteiger partial charge in [0, 0.05) is 12.3 Å². The predicted octanol–water partition coefficient (Wildman–Crippen LogP) is 2.53. The van der Waals surface area contributed by atoms with E-state index in [9.17, 15) is 4.79 Å². The van der Waals surface area contributed by atoms with Gasteiger partial charge in [-0.3, -0.25) is 4.79 Å². The molecule has 2 aliphatic rings. The Labute approximate surface area is 92.8 Å². The van der Waals surface area contributed by atoms with Gasteiger partial charge in [-0.2, -0.15) is 0 Å². The van der Waals surface area contributed by atoms with E-state index >= 15 is 0 Å². The Hall–Kier alpha value is -0.370. The molecular formula is C13H23NO. The number of hydrogen-bond donors (Lipinski definition) is 1. The number of nitrogens with one attached hydrogen (secondary N) is 1. The highest BCUT2D eigenvalue weighted by Crippen LogP contribution is 2.28. The smallest absolute Gasteiger partial charge is 0.135 e. The Balaban J connectivity index is 1.65. The van der Waals surface area contributed by atoms with Gasteiger partial charge in [0.25, 0.3) is 0 Å². The Kier molecular flexibility index (Phi) is 4.18. The van der Waals surface area contributed by atoms with Gasteiger partial charge in [0.2, 0.25) is 0 Å². The molecule has 0 atom stereocenters. The monoisotopic (exact) mass is 209 g/mol. The summed E-state index contributed by atoms with van der Waals surface area (Å²) in [5.74, 6) is 1.81. The van der Waals surface area contributed by atoms with Gasteiger partial charge >= 0.3 is 0 Å². The Bertz CT molecular complexity index is 203. The summed E-state index contributed by atoms with van der Waals surface area (Å²) >= 11 is 0. The minimum atomic E-state index is 0.437. The van der Waals surface area contributed by atoms with Gasteiger partial charge in [-0.05, 0) is 51.1 Å². The molecule has 0 aromatic rings. The average molecular weight is 209 g/mol. The van der Waals surface area contributed by atoms with Crippen LogP contribution in [0.3, 0.4) is 0 Å². The zero-order chi connectivity index (χ0) is 10.5. The summed E-state index contributed by atoms with van der Waals surface area (Å²) in [5, 5.41) is 3.37. The molecule has 1 saturated heterocycles. The Morgan fingerprint density at radius 3 is 2.40 bits per heavy atom. The van der Waals surface area contributed by atoms with Crippen molar-refractivity contribution in [2.24, 2.45) is 11.8 Å². The van der Waals surface area contributed by atoms with Gasteiger partial charge in [0.05, 0.1) is 0 Å². The van der Waals surface area contributed by atoms with Crippen molar-refractivity contribution in [3.63, 3.8) is 0 Å². The summed E-state index contributed by atoms with van der Waals surface area (Å²) in [7, 11) is 0. The molecule has 1 heterocycles. The van der Waals surface area contributed by atoms with Crippen LogP contribution in [0.15, 0.2) is 0 Å². The quantitative estimate of drug-likeness (QED) is 0.771. The fraction of sp³-hybridized carbons (Fsp3) is 0.923. The third-order valence-corrected chi connectivity index (χ3v) is 4.07. The number of hydrogen-bond acceptors (Lipinski definition) is 2. The van der Waals surface area contributed by atoms with Crippen LogP contribution in [-0.4, -0.2) is 18.9 Å². The average Bonchev–Trinajstić information content (AvgIpc) is 2.81. The van der Waals surface area contributed by atoms with Gasteiger partial charge in [-0.1, -0.05) is 12.8 Å². The molecule has 0 aromatic carbocycles. The highest BCUT2D eigenvalue weighted by molar-refractivity contribution is 5.81. The summed E-state index contributed by atoms with van der Waals surface area (Å²) in [4.78, 5) is 11.9. The van der Waals surface area contributed by atoms with Crippen molar-refractivity contribution in [2.75, 3.05) is 13.1 Å². The van der Waals surface area contributed by atoms with Crippen molar-refractivity contribution in [3.8, 4) is 0 Å². The first-order valence-electron chi connectivity index (χ1n) is 6.59. The highest BCUT2D eigenvalue weighted by atomic mass is 16.1. The lowest BCUT2D eigenvalue weighted by molar-refractivity contribution is -0.123. The standard InChI is InChI=1S/C13H23NO/c15-13(12-3-1-2-4-12)6-5-11-7-9-14-10-8-11/h11-12,14H,1-10H2. The predicted molar refractivity (Wildman–Crippen MR) is 61.8 cm³/mol. The zero-order valence-corrected chi connectivity index (χ0v) is 9.63. The fourth-order valence-corrected chi connectivity index (χ4v) is 2.97. The molecule has 0 spiro atoms. The molecule has 1 N–H and O–H groups in total. The van der Waals surface area contributed by atoms with E-state index in [1.54, 1.807) is 0 Å². The summed E-state index contributed by atoms with van der Waals surface area (Å²) in [5.41, 5.74) is 0. The van der Waals surface area contributed by atoms with E-state index in [-0.39, 0.29) is 0 Å². The van der Waals surface area contributed by atoms with Crippen LogP contribution < -0.4 is 5.32 Å². The summed E-state index contributed by atoms with van der Waals surface area (Å²) in [6.45, 7) is 2.31. The van der Waals surface area contributed by atoms with Crippen LogP contribution in [0.2, 0.25) is 0 Å². The van der Waals surface area contributed by atoms with E-state index in [0.29, 0.717) is 11.7 Å². The number of Topliss-reactive ketones (excluding diaryl/α,β-unsaturated/α-hetero) is 1. The van der Waals surface area contributed by atoms with E-state index in [1.165, 1.54) is 38.5 Å². The van der Waals surface area contributed by atoms with Crippen molar-refractivity contribution < 1.29 is 4.79 Å². The molecule has 2 rings (SSSR count). The van der Waals surface area contributed by atoms with Crippen LogP contribution in [0, 0.1) is 11.8 Å². The topological polar surface area (TPSA) is 29.1 Å². The van der Waals surface area contributed by atoms with Crippen LogP contribution in [0.25, 0.3) is 0 Å². The minimum Gasteiger partial charge on any atom is -0.317 e. The number of carbonyl (C=O) groups is 1. The summed E-state index contributed by atoms with van der Waals surface area (Å²) < 4.78 is 0. The normalized spacial score (nSPS) is 24.5. The highest BCUT2D eigenvalue weighted by Gasteiger charge is 2.23. The third-order valence-electron chi connectivity index (χ3n) is 4.07. The molecule has 86 valence electrons. The first kappa shape index (κ1) is 11.1. The van der Waals surface area contributed by atoms with Crippen LogP contribution in [0.5, 0.6) is 0 Å². The Morgan fingerprint density at radius 2 is 1.73 bits per heavy atom. The molecule has 0 unspecified atom stereocenters. The lowest BCUT2D eigenvalue weighted by Crippen LogP contribution is -2.28. The largest absolute Gasteiger partial charge is 0.317 e. The zero-order valence-electron chi connectivity index (χ0n) is 9.63. The summed E-state index contributed by atoms with van der Waals surface area (Å²) in [6, 6.07) is 0. The van der Waals surface area contributed by atoms with Crippen LogP contribution in [0.1, 0.15) is 51.4 Å². The van der Waals surface area contributed by atoms with E-state index < -0.39 is 0 Å². The van der Waals surface area contributed by atoms with E-state index in [2.05, 4.69) is 5.32 Å². The summed E-state index contributed by atoms with van der Waals surface area (Å²) in [6.07, 6.45) is 9.46. The third kappa shape index (κ3) is 3.30. The van der Waals surface area contributed by atoms with Crippen molar-refractivity contribution in [1.29, 1.82) is 0 Å².